The quantitative estimate of drug-likeness (QED) is 0.919. The highest BCUT2D eigenvalue weighted by Gasteiger charge is 2.15. The third kappa shape index (κ3) is 3.14. The topological polar surface area (TPSA) is 32.3 Å². The first-order chi connectivity index (χ1) is 10.3. The molecule has 116 valence electrons. The summed E-state index contributed by atoms with van der Waals surface area (Å²) in [6, 6.07) is 10.1. The zero-order valence-corrected chi connectivity index (χ0v) is 14.2. The second-order valence-corrected chi connectivity index (χ2v) is 6.07. The van der Waals surface area contributed by atoms with E-state index in [0.717, 1.165) is 39.2 Å². The van der Waals surface area contributed by atoms with Crippen LogP contribution in [0.25, 0.3) is 0 Å². The van der Waals surface area contributed by atoms with Crippen LogP contribution in [-0.4, -0.2) is 20.0 Å². The smallest absolute Gasteiger partial charge is 0.256 e. The molecule has 1 N–H and O–H groups in total. The monoisotopic (exact) mass is 296 g/mol. The van der Waals surface area contributed by atoms with Crippen molar-refractivity contribution in [1.29, 1.82) is 0 Å². The SMILES string of the molecule is Cc1cc(N(C)C)cc(C)c1NC(=O)c1c(C)cccc1C. The minimum absolute atomic E-state index is 0.0422. The molecule has 1 amide bonds. The normalized spacial score (nSPS) is 10.5. The Bertz CT molecular complexity index is 674. The zero-order chi connectivity index (χ0) is 16.4. The fourth-order valence-corrected chi connectivity index (χ4v) is 2.74. The van der Waals surface area contributed by atoms with Crippen LogP contribution in [0.5, 0.6) is 0 Å². The van der Waals surface area contributed by atoms with Gasteiger partial charge in [-0.1, -0.05) is 18.2 Å². The van der Waals surface area contributed by atoms with Crippen LogP contribution in [0.4, 0.5) is 11.4 Å². The summed E-state index contributed by atoms with van der Waals surface area (Å²) in [5.41, 5.74) is 6.94. The molecule has 0 spiro atoms. The molecule has 0 fully saturated rings. The second-order valence-electron chi connectivity index (χ2n) is 6.07. The van der Waals surface area contributed by atoms with E-state index in [-0.39, 0.29) is 5.91 Å². The first-order valence-corrected chi connectivity index (χ1v) is 7.47. The molecule has 0 saturated carbocycles. The number of rotatable bonds is 3. The van der Waals surface area contributed by atoms with Crippen LogP contribution in [0.3, 0.4) is 0 Å². The Hall–Kier alpha value is -2.29. The van der Waals surface area contributed by atoms with Gasteiger partial charge in [0.1, 0.15) is 0 Å². The predicted octanol–water partition coefficient (Wildman–Crippen LogP) is 4.24. The van der Waals surface area contributed by atoms with Crippen LogP contribution < -0.4 is 10.2 Å². The van der Waals surface area contributed by atoms with Crippen molar-refractivity contribution in [3.63, 3.8) is 0 Å². The Kier molecular flexibility index (Phi) is 4.55. The highest BCUT2D eigenvalue weighted by Crippen LogP contribution is 2.27. The Morgan fingerprint density at radius 3 is 1.86 bits per heavy atom. The van der Waals surface area contributed by atoms with Gasteiger partial charge in [0.2, 0.25) is 0 Å². The molecule has 0 aliphatic carbocycles. The lowest BCUT2D eigenvalue weighted by molar-refractivity contribution is 0.102. The largest absolute Gasteiger partial charge is 0.378 e. The molecule has 22 heavy (non-hydrogen) atoms. The average molecular weight is 296 g/mol. The summed E-state index contributed by atoms with van der Waals surface area (Å²) >= 11 is 0. The Morgan fingerprint density at radius 1 is 0.909 bits per heavy atom. The number of nitrogens with zero attached hydrogens (tertiary/aromatic N) is 1. The summed E-state index contributed by atoms with van der Waals surface area (Å²) in [7, 11) is 4.03. The molecule has 0 unspecified atom stereocenters. The molecule has 2 aromatic rings. The highest BCUT2D eigenvalue weighted by atomic mass is 16.1. The van der Waals surface area contributed by atoms with Gasteiger partial charge in [0.15, 0.2) is 0 Å². The van der Waals surface area contributed by atoms with Crippen LogP contribution in [0.1, 0.15) is 32.6 Å². The van der Waals surface area contributed by atoms with Gasteiger partial charge in [-0.2, -0.15) is 0 Å². The van der Waals surface area contributed by atoms with Crippen LogP contribution in [0.2, 0.25) is 0 Å². The number of nitrogens with one attached hydrogen (secondary N) is 1. The third-order valence-corrected chi connectivity index (χ3v) is 3.98. The number of hydrogen-bond acceptors (Lipinski definition) is 2. The summed E-state index contributed by atoms with van der Waals surface area (Å²) in [6.07, 6.45) is 0. The van der Waals surface area contributed by atoms with Gasteiger partial charge in [-0.25, -0.2) is 0 Å². The summed E-state index contributed by atoms with van der Waals surface area (Å²) in [4.78, 5) is 14.7. The number of aryl methyl sites for hydroxylation is 4. The van der Waals surface area contributed by atoms with Crippen LogP contribution >= 0.6 is 0 Å². The molecule has 0 aliphatic rings. The minimum Gasteiger partial charge on any atom is -0.378 e. The van der Waals surface area contributed by atoms with E-state index in [2.05, 4.69) is 22.3 Å². The lowest BCUT2D eigenvalue weighted by Crippen LogP contribution is -2.17. The molecule has 0 radical (unpaired) electrons. The zero-order valence-electron chi connectivity index (χ0n) is 14.2. The van der Waals surface area contributed by atoms with Gasteiger partial charge in [-0.05, 0) is 62.1 Å². The van der Waals surface area contributed by atoms with Crippen LogP contribution in [0.15, 0.2) is 30.3 Å². The van der Waals surface area contributed by atoms with Gasteiger partial charge in [-0.15, -0.1) is 0 Å². The molecule has 0 bridgehead atoms. The van der Waals surface area contributed by atoms with Gasteiger partial charge in [0.05, 0.1) is 0 Å². The predicted molar refractivity (Wildman–Crippen MR) is 94.1 cm³/mol. The lowest BCUT2D eigenvalue weighted by Gasteiger charge is -2.19. The number of anilines is 2. The maximum Gasteiger partial charge on any atom is 0.256 e. The maximum absolute atomic E-state index is 12.7. The number of hydrogen-bond donors (Lipinski definition) is 1. The van der Waals surface area contributed by atoms with Gasteiger partial charge in [0, 0.05) is 31.0 Å². The Labute approximate surface area is 133 Å². The molecule has 3 heteroatoms. The summed E-state index contributed by atoms with van der Waals surface area (Å²) < 4.78 is 0. The van der Waals surface area contributed by atoms with Gasteiger partial charge >= 0.3 is 0 Å². The van der Waals surface area contributed by atoms with E-state index < -0.39 is 0 Å². The third-order valence-electron chi connectivity index (χ3n) is 3.98. The van der Waals surface area contributed by atoms with E-state index in [4.69, 9.17) is 0 Å². The highest BCUT2D eigenvalue weighted by molar-refractivity contribution is 6.07. The average Bonchev–Trinajstić information content (AvgIpc) is 2.42. The van der Waals surface area contributed by atoms with E-state index in [9.17, 15) is 4.79 Å². The lowest BCUT2D eigenvalue weighted by atomic mass is 10.0. The van der Waals surface area contributed by atoms with E-state index in [1.807, 2.05) is 60.0 Å². The molecule has 2 aromatic carbocycles. The van der Waals surface area contributed by atoms with Crippen molar-refractivity contribution >= 4 is 17.3 Å². The molecule has 0 atom stereocenters. The molecule has 3 nitrogen and oxygen atoms in total. The fourth-order valence-electron chi connectivity index (χ4n) is 2.74. The van der Waals surface area contributed by atoms with E-state index >= 15 is 0 Å². The fraction of sp³-hybridized carbons (Fsp3) is 0.316. The molecule has 0 saturated heterocycles. The van der Waals surface area contributed by atoms with Gasteiger partial charge in [-0.3, -0.25) is 4.79 Å². The number of carbonyl (C=O) groups excluding carboxylic acids is 1. The molecule has 0 heterocycles. The second kappa shape index (κ2) is 6.22. The molecular weight excluding hydrogens is 272 g/mol. The standard InChI is InChI=1S/C19H24N2O/c1-12-8-7-9-13(2)17(12)19(22)20-18-14(3)10-16(21(5)6)11-15(18)4/h7-11H,1-6H3,(H,20,22). The number of carbonyl (C=O) groups is 1. The maximum atomic E-state index is 12.7. The summed E-state index contributed by atoms with van der Waals surface area (Å²) in [6.45, 7) is 7.99. The van der Waals surface area contributed by atoms with Crippen molar-refractivity contribution in [2.75, 3.05) is 24.3 Å². The summed E-state index contributed by atoms with van der Waals surface area (Å²) in [5.74, 6) is -0.0422. The van der Waals surface area contributed by atoms with Crippen molar-refractivity contribution in [3.8, 4) is 0 Å². The minimum atomic E-state index is -0.0422. The summed E-state index contributed by atoms with van der Waals surface area (Å²) in [5, 5.41) is 3.09. The van der Waals surface area contributed by atoms with E-state index in [1.165, 1.54) is 0 Å². The Balaban J connectivity index is 2.37. The van der Waals surface area contributed by atoms with Crippen LogP contribution in [-0.2, 0) is 0 Å². The van der Waals surface area contributed by atoms with E-state index in [1.54, 1.807) is 0 Å². The van der Waals surface area contributed by atoms with Gasteiger partial charge < -0.3 is 10.2 Å². The van der Waals surface area contributed by atoms with Crippen molar-refractivity contribution in [3.05, 3.63) is 58.1 Å². The van der Waals surface area contributed by atoms with Crippen molar-refractivity contribution in [1.82, 2.24) is 0 Å². The van der Waals surface area contributed by atoms with Crippen LogP contribution in [0, 0.1) is 27.7 Å². The molecular formula is C19H24N2O. The van der Waals surface area contributed by atoms with Crippen molar-refractivity contribution in [2.24, 2.45) is 0 Å². The van der Waals surface area contributed by atoms with E-state index in [0.29, 0.717) is 0 Å². The molecule has 2 rings (SSSR count). The molecule has 0 aliphatic heterocycles. The Morgan fingerprint density at radius 2 is 1.41 bits per heavy atom. The first kappa shape index (κ1) is 16.1. The first-order valence-electron chi connectivity index (χ1n) is 7.47. The van der Waals surface area contributed by atoms with Crippen molar-refractivity contribution in [2.45, 2.75) is 27.7 Å². The van der Waals surface area contributed by atoms with Crippen molar-refractivity contribution < 1.29 is 4.79 Å². The van der Waals surface area contributed by atoms with Gasteiger partial charge in [0.25, 0.3) is 5.91 Å². The number of benzene rings is 2. The number of amides is 1. The molecule has 0 aromatic heterocycles.